The van der Waals surface area contributed by atoms with Crippen molar-refractivity contribution in [1.82, 2.24) is 44.5 Å². The van der Waals surface area contributed by atoms with Gasteiger partial charge in [0.2, 0.25) is 27.7 Å². The molecule has 17 heteroatoms. The molecule has 0 aliphatic rings. The fourth-order valence-electron chi connectivity index (χ4n) is 4.28. The molecule has 1 aromatic carbocycles. The fraction of sp³-hybridized carbons (Fsp3) is 0.292. The Balaban J connectivity index is 1.67. The van der Waals surface area contributed by atoms with E-state index in [2.05, 4.69) is 40.0 Å². The second-order valence-electron chi connectivity index (χ2n) is 8.74. The van der Waals surface area contributed by atoms with E-state index in [-0.39, 0.29) is 35.0 Å². The fourth-order valence-corrected chi connectivity index (χ4v) is 5.51. The van der Waals surface area contributed by atoms with Crippen LogP contribution in [0.15, 0.2) is 43.1 Å². The lowest BCUT2D eigenvalue weighted by atomic mass is 10.1. The molecule has 5 rings (SSSR count). The average molecular weight is 601 g/mol. The van der Waals surface area contributed by atoms with E-state index in [1.807, 2.05) is 18.3 Å². The number of nitrogens with zero attached hydrogens (tertiary/aromatic N) is 9. The largest absolute Gasteiger partial charge is 0.479 e. The van der Waals surface area contributed by atoms with Crippen molar-refractivity contribution in [2.75, 3.05) is 26.1 Å². The lowest BCUT2D eigenvalue weighted by Crippen LogP contribution is -2.33. The Labute approximate surface area is 239 Å². The number of ether oxygens (including phenoxy) is 3. The highest BCUT2D eigenvalue weighted by molar-refractivity contribution is 7.93. The van der Waals surface area contributed by atoms with Gasteiger partial charge in [0.25, 0.3) is 0 Å². The molecule has 0 radical (unpaired) electrons. The van der Waals surface area contributed by atoms with Gasteiger partial charge in [0.1, 0.15) is 23.2 Å². The van der Waals surface area contributed by atoms with Gasteiger partial charge in [-0.15, -0.1) is 10.2 Å². The number of methoxy groups -OCH3 is 3. The average Bonchev–Trinajstić information content (AvgIpc) is 3.55. The van der Waals surface area contributed by atoms with Crippen LogP contribution in [0.25, 0.3) is 28.0 Å². The highest BCUT2D eigenvalue weighted by Crippen LogP contribution is 2.37. The van der Waals surface area contributed by atoms with Crippen molar-refractivity contribution < 1.29 is 22.6 Å². The van der Waals surface area contributed by atoms with Crippen LogP contribution in [0.2, 0.25) is 5.02 Å². The van der Waals surface area contributed by atoms with Gasteiger partial charge in [-0.1, -0.05) is 23.7 Å². The molecule has 2 atom stereocenters. The summed E-state index contributed by atoms with van der Waals surface area (Å²) in [7, 11) is 1.77. The molecule has 0 saturated carbocycles. The zero-order valence-electron chi connectivity index (χ0n) is 22.5. The first-order valence-electron chi connectivity index (χ1n) is 12.0. The van der Waals surface area contributed by atoms with E-state index in [1.54, 1.807) is 17.8 Å². The molecule has 0 fully saturated rings. The van der Waals surface area contributed by atoms with Crippen molar-refractivity contribution in [2.24, 2.45) is 7.05 Å². The quantitative estimate of drug-likeness (QED) is 0.248. The lowest BCUT2D eigenvalue weighted by Gasteiger charge is -2.22. The number of aromatic nitrogens is 9. The summed E-state index contributed by atoms with van der Waals surface area (Å²) in [6.07, 6.45) is 4.79. The monoisotopic (exact) mass is 600 g/mol. The predicted molar refractivity (Wildman–Crippen MR) is 149 cm³/mol. The SMILES string of the molecule is COc1ncnc(OC)c1-n1c(NS(=O)(=O)[C@@H](C)[C@H](OC)c2ncc(Cl)cn2)nnc1-c1cccc2cn(C)nc12. The number of halogens is 1. The maximum absolute atomic E-state index is 13.7. The van der Waals surface area contributed by atoms with E-state index in [4.69, 9.17) is 25.8 Å². The van der Waals surface area contributed by atoms with Crippen LogP contribution in [0.3, 0.4) is 0 Å². The van der Waals surface area contributed by atoms with Crippen LogP contribution in [0, 0.1) is 0 Å². The summed E-state index contributed by atoms with van der Waals surface area (Å²) < 4.78 is 49.5. The van der Waals surface area contributed by atoms with Gasteiger partial charge in [0.15, 0.2) is 17.3 Å². The molecular formula is C24H25ClN10O5S. The third-order valence-electron chi connectivity index (χ3n) is 6.22. The Bertz CT molecular complexity index is 1790. The topological polar surface area (TPSA) is 174 Å². The Kier molecular flexibility index (Phi) is 7.70. The van der Waals surface area contributed by atoms with E-state index in [1.165, 1.54) is 51.5 Å². The number of anilines is 1. The van der Waals surface area contributed by atoms with Crippen LogP contribution in [0.4, 0.5) is 5.95 Å². The van der Waals surface area contributed by atoms with Crippen LogP contribution in [0.5, 0.6) is 11.8 Å². The van der Waals surface area contributed by atoms with Gasteiger partial charge < -0.3 is 14.2 Å². The minimum absolute atomic E-state index is 0.0870. The van der Waals surface area contributed by atoms with Crippen LogP contribution in [-0.2, 0) is 21.8 Å². The molecule has 5 aromatic rings. The predicted octanol–water partition coefficient (Wildman–Crippen LogP) is 2.59. The Morgan fingerprint density at radius 1 is 1.00 bits per heavy atom. The third kappa shape index (κ3) is 5.23. The first-order valence-corrected chi connectivity index (χ1v) is 13.9. The molecule has 0 spiro atoms. The van der Waals surface area contributed by atoms with Gasteiger partial charge in [0, 0.05) is 43.7 Å². The smallest absolute Gasteiger partial charge is 0.245 e. The summed E-state index contributed by atoms with van der Waals surface area (Å²) in [6, 6.07) is 5.52. The van der Waals surface area contributed by atoms with Crippen LogP contribution in [-0.4, -0.2) is 79.5 Å². The number of fused-ring (bicyclic) bond motifs is 1. The van der Waals surface area contributed by atoms with Crippen LogP contribution < -0.4 is 14.2 Å². The number of hydrogen-bond donors (Lipinski definition) is 1. The molecule has 1 N–H and O–H groups in total. The summed E-state index contributed by atoms with van der Waals surface area (Å²) in [5.41, 5.74) is 1.34. The van der Waals surface area contributed by atoms with E-state index >= 15 is 0 Å². The maximum Gasteiger partial charge on any atom is 0.245 e. The van der Waals surface area contributed by atoms with Gasteiger partial charge in [-0.2, -0.15) is 15.1 Å². The highest BCUT2D eigenvalue weighted by Gasteiger charge is 2.35. The van der Waals surface area contributed by atoms with Crippen molar-refractivity contribution in [3.63, 3.8) is 0 Å². The van der Waals surface area contributed by atoms with E-state index < -0.39 is 21.4 Å². The molecule has 41 heavy (non-hydrogen) atoms. The zero-order chi connectivity index (χ0) is 29.3. The van der Waals surface area contributed by atoms with E-state index in [9.17, 15) is 8.42 Å². The standard InChI is InChI=1S/C24H25ClN10O5S/c1-13(19(38-3)20-26-9-15(25)10-27-20)41(36,37)33-24-31-30-21(16-8-6-7-14-11-34(2)32-17(14)16)35(24)18-22(39-4)28-12-29-23(18)40-5/h6-13,19H,1-5H3,(H,31,33)/t13-,19-/m0/s1. The molecule has 0 bridgehead atoms. The molecule has 214 valence electrons. The summed E-state index contributed by atoms with van der Waals surface area (Å²) in [6.45, 7) is 1.46. The summed E-state index contributed by atoms with van der Waals surface area (Å²) >= 11 is 5.90. The van der Waals surface area contributed by atoms with Crippen molar-refractivity contribution in [3.05, 3.63) is 54.0 Å². The number of aryl methyl sites for hydroxylation is 1. The molecule has 4 aromatic heterocycles. The zero-order valence-corrected chi connectivity index (χ0v) is 24.1. The Hall–Kier alpha value is -4.41. The van der Waals surface area contributed by atoms with Crippen molar-refractivity contribution in [3.8, 4) is 28.8 Å². The number of sulfonamides is 1. The van der Waals surface area contributed by atoms with Gasteiger partial charge in [0.05, 0.1) is 19.2 Å². The van der Waals surface area contributed by atoms with Crippen molar-refractivity contribution in [2.45, 2.75) is 18.3 Å². The summed E-state index contributed by atoms with van der Waals surface area (Å²) in [4.78, 5) is 16.6. The van der Waals surface area contributed by atoms with Crippen molar-refractivity contribution in [1.29, 1.82) is 0 Å². The molecule has 0 unspecified atom stereocenters. The Morgan fingerprint density at radius 3 is 2.32 bits per heavy atom. The minimum atomic E-state index is -4.21. The van der Waals surface area contributed by atoms with Gasteiger partial charge in [-0.3, -0.25) is 14.0 Å². The summed E-state index contributed by atoms with van der Waals surface area (Å²) in [5, 5.41) is 13.1. The molecule has 15 nitrogen and oxygen atoms in total. The second-order valence-corrected chi connectivity index (χ2v) is 11.2. The molecule has 4 heterocycles. The second kappa shape index (κ2) is 11.2. The highest BCUT2D eigenvalue weighted by atomic mass is 35.5. The molecule has 0 amide bonds. The van der Waals surface area contributed by atoms with Gasteiger partial charge >= 0.3 is 0 Å². The molecule has 0 aliphatic carbocycles. The number of nitrogens with one attached hydrogen (secondary N) is 1. The first-order chi connectivity index (χ1) is 19.7. The third-order valence-corrected chi connectivity index (χ3v) is 8.11. The van der Waals surface area contributed by atoms with Crippen LogP contribution >= 0.6 is 11.6 Å². The normalized spacial score (nSPS) is 13.2. The summed E-state index contributed by atoms with van der Waals surface area (Å²) in [5.74, 6) is 0.361. The molecular weight excluding hydrogens is 576 g/mol. The molecule has 0 saturated heterocycles. The van der Waals surface area contributed by atoms with E-state index in [0.29, 0.717) is 16.1 Å². The van der Waals surface area contributed by atoms with Gasteiger partial charge in [-0.25, -0.2) is 18.4 Å². The maximum atomic E-state index is 13.7. The van der Waals surface area contributed by atoms with Crippen molar-refractivity contribution >= 4 is 38.5 Å². The number of hydrogen-bond acceptors (Lipinski definition) is 12. The number of rotatable bonds is 10. The first kappa shape index (κ1) is 28.1. The lowest BCUT2D eigenvalue weighted by molar-refractivity contribution is 0.0950. The van der Waals surface area contributed by atoms with Gasteiger partial charge in [-0.05, 0) is 13.0 Å². The minimum Gasteiger partial charge on any atom is -0.479 e. The molecule has 0 aliphatic heterocycles. The van der Waals surface area contributed by atoms with E-state index in [0.717, 1.165) is 5.39 Å². The Morgan fingerprint density at radius 2 is 1.68 bits per heavy atom. The van der Waals surface area contributed by atoms with Crippen LogP contribution in [0.1, 0.15) is 18.9 Å². The number of benzene rings is 1.